The van der Waals surface area contributed by atoms with Crippen LogP contribution in [0.4, 0.5) is 0 Å². The number of thiophene rings is 1. The number of hydrogen-bond acceptors (Lipinski definition) is 4. The van der Waals surface area contributed by atoms with Gasteiger partial charge in [0, 0.05) is 28.9 Å². The van der Waals surface area contributed by atoms with Crippen LogP contribution in [0, 0.1) is 5.92 Å². The van der Waals surface area contributed by atoms with Crippen molar-refractivity contribution in [3.05, 3.63) is 52.2 Å². The Balaban J connectivity index is 1.80. The molecular formula is C19H24N2O2S. The maximum atomic E-state index is 13.1. The summed E-state index contributed by atoms with van der Waals surface area (Å²) in [7, 11) is 1.67. The van der Waals surface area contributed by atoms with Crippen LogP contribution in [-0.4, -0.2) is 24.0 Å². The van der Waals surface area contributed by atoms with Crippen LogP contribution in [-0.2, 0) is 17.9 Å². The van der Waals surface area contributed by atoms with E-state index in [2.05, 4.69) is 6.07 Å². The van der Waals surface area contributed by atoms with Gasteiger partial charge in [-0.2, -0.15) is 0 Å². The van der Waals surface area contributed by atoms with E-state index in [1.54, 1.807) is 18.4 Å². The van der Waals surface area contributed by atoms with Crippen molar-refractivity contribution in [2.75, 3.05) is 7.11 Å². The molecule has 0 spiro atoms. The van der Waals surface area contributed by atoms with Gasteiger partial charge in [0.15, 0.2) is 0 Å². The van der Waals surface area contributed by atoms with Gasteiger partial charge in [-0.3, -0.25) is 4.79 Å². The molecule has 1 heterocycles. The zero-order valence-electron chi connectivity index (χ0n) is 14.0. The molecule has 0 saturated heterocycles. The van der Waals surface area contributed by atoms with Crippen LogP contribution in [0.3, 0.4) is 0 Å². The molecule has 2 aromatic rings. The first kappa shape index (κ1) is 17.0. The van der Waals surface area contributed by atoms with E-state index in [0.29, 0.717) is 13.1 Å². The van der Waals surface area contributed by atoms with Crippen molar-refractivity contribution in [1.29, 1.82) is 0 Å². The Morgan fingerprint density at radius 2 is 2.08 bits per heavy atom. The third-order valence-corrected chi connectivity index (χ3v) is 5.48. The zero-order chi connectivity index (χ0) is 16.9. The van der Waals surface area contributed by atoms with Gasteiger partial charge >= 0.3 is 0 Å². The molecule has 0 aliphatic heterocycles. The number of para-hydroxylation sites is 1. The number of amides is 1. The van der Waals surface area contributed by atoms with Crippen LogP contribution in [0.25, 0.3) is 0 Å². The number of nitrogens with zero attached hydrogens (tertiary/aromatic N) is 1. The van der Waals surface area contributed by atoms with Crippen molar-refractivity contribution in [3.8, 4) is 5.75 Å². The summed E-state index contributed by atoms with van der Waals surface area (Å²) in [6, 6.07) is 12.2. The Morgan fingerprint density at radius 3 is 2.75 bits per heavy atom. The molecule has 1 aromatic heterocycles. The fraction of sp³-hybridized carbons (Fsp3) is 0.421. The molecule has 24 heavy (non-hydrogen) atoms. The molecule has 5 heteroatoms. The highest BCUT2D eigenvalue weighted by Crippen LogP contribution is 2.29. The van der Waals surface area contributed by atoms with Crippen molar-refractivity contribution in [1.82, 2.24) is 4.90 Å². The van der Waals surface area contributed by atoms with Gasteiger partial charge in [-0.1, -0.05) is 24.3 Å². The van der Waals surface area contributed by atoms with Gasteiger partial charge in [0.05, 0.1) is 13.7 Å². The van der Waals surface area contributed by atoms with E-state index >= 15 is 0 Å². The fourth-order valence-corrected chi connectivity index (χ4v) is 4.06. The molecule has 0 bridgehead atoms. The van der Waals surface area contributed by atoms with Gasteiger partial charge in [-0.05, 0) is 36.8 Å². The average Bonchev–Trinajstić information content (AvgIpc) is 3.25. The second kappa shape index (κ2) is 7.81. The van der Waals surface area contributed by atoms with Crippen molar-refractivity contribution in [2.24, 2.45) is 11.7 Å². The summed E-state index contributed by atoms with van der Waals surface area (Å²) >= 11 is 1.68. The third kappa shape index (κ3) is 3.97. The number of rotatable bonds is 6. The quantitative estimate of drug-likeness (QED) is 0.874. The van der Waals surface area contributed by atoms with Gasteiger partial charge in [0.2, 0.25) is 5.91 Å². The highest BCUT2D eigenvalue weighted by molar-refractivity contribution is 7.09. The van der Waals surface area contributed by atoms with E-state index in [9.17, 15) is 4.79 Å². The summed E-state index contributed by atoms with van der Waals surface area (Å²) in [5.74, 6) is 1.08. The number of nitrogens with two attached hydrogens (primary N) is 1. The van der Waals surface area contributed by atoms with E-state index < -0.39 is 0 Å². The largest absolute Gasteiger partial charge is 0.496 e. The first-order valence-electron chi connectivity index (χ1n) is 8.36. The maximum absolute atomic E-state index is 13.1. The minimum Gasteiger partial charge on any atom is -0.496 e. The van der Waals surface area contributed by atoms with E-state index in [4.69, 9.17) is 10.5 Å². The Bertz CT molecular complexity index is 672. The monoisotopic (exact) mass is 344 g/mol. The van der Waals surface area contributed by atoms with Crippen LogP contribution in [0.1, 0.15) is 29.7 Å². The van der Waals surface area contributed by atoms with Gasteiger partial charge in [-0.25, -0.2) is 0 Å². The Hall–Kier alpha value is -1.85. The highest BCUT2D eigenvalue weighted by Gasteiger charge is 2.31. The van der Waals surface area contributed by atoms with Crippen LogP contribution in [0.5, 0.6) is 5.75 Å². The Labute approximate surface area is 147 Å². The molecule has 2 atom stereocenters. The fourth-order valence-electron chi connectivity index (χ4n) is 3.34. The van der Waals surface area contributed by atoms with Crippen molar-refractivity contribution in [2.45, 2.75) is 38.4 Å². The summed E-state index contributed by atoms with van der Waals surface area (Å²) in [5.41, 5.74) is 7.04. The predicted molar refractivity (Wildman–Crippen MR) is 96.9 cm³/mol. The molecule has 4 nitrogen and oxygen atoms in total. The summed E-state index contributed by atoms with van der Waals surface area (Å²) in [6.07, 6.45) is 2.64. The number of hydrogen-bond donors (Lipinski definition) is 1. The lowest BCUT2D eigenvalue weighted by Gasteiger charge is -2.26. The lowest BCUT2D eigenvalue weighted by atomic mass is 10.1. The SMILES string of the molecule is COc1ccccc1CN(Cc1cccs1)C(=O)[C@@H]1CC[C@@H](N)C1. The summed E-state index contributed by atoms with van der Waals surface area (Å²) in [5, 5.41) is 2.05. The summed E-state index contributed by atoms with van der Waals surface area (Å²) in [6.45, 7) is 1.20. The van der Waals surface area contributed by atoms with Gasteiger partial charge in [-0.15, -0.1) is 11.3 Å². The molecule has 1 fully saturated rings. The molecule has 0 unspecified atom stereocenters. The molecule has 0 radical (unpaired) electrons. The molecule has 1 aliphatic rings. The molecule has 1 aromatic carbocycles. The molecule has 128 valence electrons. The predicted octanol–water partition coefficient (Wildman–Crippen LogP) is 3.41. The van der Waals surface area contributed by atoms with E-state index in [0.717, 1.165) is 30.6 Å². The smallest absolute Gasteiger partial charge is 0.226 e. The highest BCUT2D eigenvalue weighted by atomic mass is 32.1. The Morgan fingerprint density at radius 1 is 1.25 bits per heavy atom. The molecule has 1 aliphatic carbocycles. The zero-order valence-corrected chi connectivity index (χ0v) is 14.8. The van der Waals surface area contributed by atoms with Crippen LogP contribution in [0.2, 0.25) is 0 Å². The van der Waals surface area contributed by atoms with E-state index in [1.165, 1.54) is 4.88 Å². The van der Waals surface area contributed by atoms with Crippen molar-refractivity contribution < 1.29 is 9.53 Å². The number of ether oxygens (including phenoxy) is 1. The number of methoxy groups -OCH3 is 1. The standard InChI is InChI=1S/C19H24N2O2S/c1-23-18-7-3-2-5-15(18)12-21(13-17-6-4-10-24-17)19(22)14-8-9-16(20)11-14/h2-7,10,14,16H,8-9,11-13,20H2,1H3/t14-,16-/m1/s1. The minimum absolute atomic E-state index is 0.0506. The van der Waals surface area contributed by atoms with Crippen LogP contribution >= 0.6 is 11.3 Å². The normalized spacial score (nSPS) is 20.1. The maximum Gasteiger partial charge on any atom is 0.226 e. The Kier molecular flexibility index (Phi) is 5.53. The first-order valence-corrected chi connectivity index (χ1v) is 9.24. The van der Waals surface area contributed by atoms with Gasteiger partial charge in [0.1, 0.15) is 5.75 Å². The van der Waals surface area contributed by atoms with E-state index in [-0.39, 0.29) is 17.9 Å². The first-order chi connectivity index (χ1) is 11.7. The molecular weight excluding hydrogens is 320 g/mol. The molecule has 1 saturated carbocycles. The average molecular weight is 344 g/mol. The molecule has 1 amide bonds. The van der Waals surface area contributed by atoms with E-state index in [1.807, 2.05) is 40.6 Å². The van der Waals surface area contributed by atoms with Crippen molar-refractivity contribution >= 4 is 17.2 Å². The molecule has 2 N–H and O–H groups in total. The summed E-state index contributed by atoms with van der Waals surface area (Å²) < 4.78 is 5.45. The number of carbonyl (C=O) groups excluding carboxylic acids is 1. The topological polar surface area (TPSA) is 55.6 Å². The van der Waals surface area contributed by atoms with Crippen LogP contribution in [0.15, 0.2) is 41.8 Å². The minimum atomic E-state index is 0.0506. The second-order valence-electron chi connectivity index (χ2n) is 6.36. The van der Waals surface area contributed by atoms with Crippen molar-refractivity contribution in [3.63, 3.8) is 0 Å². The number of benzene rings is 1. The van der Waals surface area contributed by atoms with Crippen LogP contribution < -0.4 is 10.5 Å². The van der Waals surface area contributed by atoms with Gasteiger partial charge in [0.25, 0.3) is 0 Å². The number of carbonyl (C=O) groups is 1. The van der Waals surface area contributed by atoms with Gasteiger partial charge < -0.3 is 15.4 Å². The summed E-state index contributed by atoms with van der Waals surface area (Å²) in [4.78, 5) is 16.2. The third-order valence-electron chi connectivity index (χ3n) is 4.61. The molecule has 3 rings (SSSR count). The lowest BCUT2D eigenvalue weighted by molar-refractivity contribution is -0.136. The lowest BCUT2D eigenvalue weighted by Crippen LogP contribution is -2.35. The second-order valence-corrected chi connectivity index (χ2v) is 7.39.